The summed E-state index contributed by atoms with van der Waals surface area (Å²) in [6.45, 7) is 16.0. The second-order valence-corrected chi connectivity index (χ2v) is 10.0. The van der Waals surface area contributed by atoms with E-state index in [0.717, 1.165) is 0 Å². The molecule has 0 aliphatic rings. The quantitative estimate of drug-likeness (QED) is 0.288. The average Bonchev–Trinajstić information content (AvgIpc) is 3.05. The number of hydrogen-bond acceptors (Lipinski definition) is 0. The Morgan fingerprint density at radius 1 is 0.750 bits per heavy atom. The monoisotopic (exact) mass is 425 g/mol. The molecule has 2 heteroatoms. The highest BCUT2D eigenvalue weighted by Crippen LogP contribution is 2.40. The number of rotatable bonds is 5. The molecule has 0 N–H and O–H groups in total. The van der Waals surface area contributed by atoms with Gasteiger partial charge in [0.15, 0.2) is 6.20 Å². The standard InChI is InChI=1S/C30H37N2/c1-19(2)23-16-17-31(8)28(18-23)29-22(7)26-12-9-10-15-27(26)32(29)30-24(20(3)4)13-11-14-25(30)21(5)6/h9-21H,1-8H3/q+1. The van der Waals surface area contributed by atoms with Gasteiger partial charge in [0, 0.05) is 17.5 Å². The van der Waals surface area contributed by atoms with E-state index in [1.54, 1.807) is 0 Å². The molecule has 2 aromatic heterocycles. The second-order valence-electron chi connectivity index (χ2n) is 10.0. The van der Waals surface area contributed by atoms with Gasteiger partial charge in [0.25, 0.3) is 0 Å². The minimum atomic E-state index is 0.439. The van der Waals surface area contributed by atoms with Gasteiger partial charge in [-0.15, -0.1) is 0 Å². The maximum absolute atomic E-state index is 2.55. The van der Waals surface area contributed by atoms with Crippen molar-refractivity contribution in [3.05, 3.63) is 83.0 Å². The van der Waals surface area contributed by atoms with Crippen LogP contribution in [0.1, 0.15) is 81.5 Å². The topological polar surface area (TPSA) is 8.81 Å². The molecule has 0 aliphatic carbocycles. The van der Waals surface area contributed by atoms with E-state index >= 15 is 0 Å². The molecule has 2 heterocycles. The summed E-state index contributed by atoms with van der Waals surface area (Å²) in [6.07, 6.45) is 2.21. The van der Waals surface area contributed by atoms with Gasteiger partial charge >= 0.3 is 0 Å². The molecular weight excluding hydrogens is 388 g/mol. The van der Waals surface area contributed by atoms with E-state index in [-0.39, 0.29) is 0 Å². The average molecular weight is 426 g/mol. The fourth-order valence-electron chi connectivity index (χ4n) is 4.89. The molecule has 0 bridgehead atoms. The van der Waals surface area contributed by atoms with Gasteiger partial charge in [-0.25, -0.2) is 0 Å². The first kappa shape index (κ1) is 22.3. The van der Waals surface area contributed by atoms with Crippen molar-refractivity contribution in [2.75, 3.05) is 0 Å². The highest BCUT2D eigenvalue weighted by atomic mass is 15.0. The van der Waals surface area contributed by atoms with E-state index in [4.69, 9.17) is 0 Å². The Balaban J connectivity index is 2.20. The summed E-state index contributed by atoms with van der Waals surface area (Å²) in [5.41, 5.74) is 10.7. The summed E-state index contributed by atoms with van der Waals surface area (Å²) in [6, 6.07) is 20.3. The molecule has 166 valence electrons. The third kappa shape index (κ3) is 3.66. The van der Waals surface area contributed by atoms with Crippen LogP contribution in [-0.4, -0.2) is 4.57 Å². The zero-order valence-electron chi connectivity index (χ0n) is 20.9. The number of aromatic nitrogens is 2. The van der Waals surface area contributed by atoms with Gasteiger partial charge in [-0.2, -0.15) is 4.57 Å². The fourth-order valence-corrected chi connectivity index (χ4v) is 4.89. The van der Waals surface area contributed by atoms with Crippen LogP contribution in [0, 0.1) is 6.92 Å². The number of fused-ring (bicyclic) bond motifs is 1. The zero-order valence-corrected chi connectivity index (χ0v) is 20.9. The normalized spacial score (nSPS) is 12.0. The van der Waals surface area contributed by atoms with E-state index in [9.17, 15) is 0 Å². The molecule has 4 aromatic rings. The van der Waals surface area contributed by atoms with E-state index < -0.39 is 0 Å². The highest BCUT2D eigenvalue weighted by Gasteiger charge is 2.27. The Bertz CT molecular complexity index is 1250. The Labute approximate surface area is 193 Å². The molecule has 0 aliphatic heterocycles. The maximum atomic E-state index is 2.55. The van der Waals surface area contributed by atoms with Crippen molar-refractivity contribution in [2.24, 2.45) is 7.05 Å². The van der Waals surface area contributed by atoms with Crippen molar-refractivity contribution < 1.29 is 4.57 Å². The number of aryl methyl sites for hydroxylation is 2. The van der Waals surface area contributed by atoms with Crippen molar-refractivity contribution in [1.29, 1.82) is 0 Å². The van der Waals surface area contributed by atoms with Crippen molar-refractivity contribution >= 4 is 10.9 Å². The maximum Gasteiger partial charge on any atom is 0.229 e. The van der Waals surface area contributed by atoms with Crippen molar-refractivity contribution in [2.45, 2.75) is 66.2 Å². The minimum absolute atomic E-state index is 0.439. The summed E-state index contributed by atoms with van der Waals surface area (Å²) >= 11 is 0. The number of para-hydroxylation sites is 2. The molecule has 2 aromatic carbocycles. The van der Waals surface area contributed by atoms with Crippen LogP contribution in [0.25, 0.3) is 28.0 Å². The molecule has 0 amide bonds. The van der Waals surface area contributed by atoms with Crippen molar-refractivity contribution in [3.8, 4) is 17.1 Å². The summed E-state index contributed by atoms with van der Waals surface area (Å²) in [7, 11) is 2.17. The van der Waals surface area contributed by atoms with E-state index in [0.29, 0.717) is 17.8 Å². The van der Waals surface area contributed by atoms with Crippen LogP contribution in [0.5, 0.6) is 0 Å². The summed E-state index contributed by atoms with van der Waals surface area (Å²) in [5.74, 6) is 1.37. The SMILES string of the molecule is Cc1c(-c2cc(C(C)C)cc[n+]2C)n(-c2c(C(C)C)cccc2C(C)C)c2ccccc12. The first-order chi connectivity index (χ1) is 15.2. The van der Waals surface area contributed by atoms with E-state index in [1.165, 1.54) is 50.2 Å². The van der Waals surface area contributed by atoms with Gasteiger partial charge in [-0.1, -0.05) is 77.9 Å². The molecule has 0 atom stereocenters. The first-order valence-corrected chi connectivity index (χ1v) is 12.0. The Morgan fingerprint density at radius 3 is 1.97 bits per heavy atom. The molecule has 0 saturated carbocycles. The van der Waals surface area contributed by atoms with E-state index in [2.05, 4.69) is 125 Å². The van der Waals surface area contributed by atoms with Crippen molar-refractivity contribution in [1.82, 2.24) is 4.57 Å². The number of benzene rings is 2. The van der Waals surface area contributed by atoms with Crippen LogP contribution in [0.2, 0.25) is 0 Å². The van der Waals surface area contributed by atoms with Gasteiger partial charge in [0.2, 0.25) is 5.69 Å². The number of pyridine rings is 1. The molecule has 32 heavy (non-hydrogen) atoms. The van der Waals surface area contributed by atoms with Crippen LogP contribution in [0.4, 0.5) is 0 Å². The van der Waals surface area contributed by atoms with Gasteiger partial charge in [-0.05, 0) is 53.0 Å². The van der Waals surface area contributed by atoms with Crippen LogP contribution in [0.15, 0.2) is 60.8 Å². The van der Waals surface area contributed by atoms with Crippen LogP contribution in [-0.2, 0) is 7.05 Å². The van der Waals surface area contributed by atoms with Crippen LogP contribution >= 0.6 is 0 Å². The molecule has 2 nitrogen and oxygen atoms in total. The van der Waals surface area contributed by atoms with Crippen molar-refractivity contribution in [3.63, 3.8) is 0 Å². The highest BCUT2D eigenvalue weighted by molar-refractivity contribution is 5.93. The molecule has 4 rings (SSSR count). The lowest BCUT2D eigenvalue weighted by Gasteiger charge is -2.23. The molecular formula is C30H37N2+. The predicted molar refractivity (Wildman–Crippen MR) is 137 cm³/mol. The van der Waals surface area contributed by atoms with Gasteiger partial charge in [0.05, 0.1) is 11.2 Å². The predicted octanol–water partition coefficient (Wildman–Crippen LogP) is 7.80. The largest absolute Gasteiger partial charge is 0.303 e. The van der Waals surface area contributed by atoms with Gasteiger partial charge in [0.1, 0.15) is 12.7 Å². The van der Waals surface area contributed by atoms with Gasteiger partial charge < -0.3 is 4.57 Å². The van der Waals surface area contributed by atoms with Gasteiger partial charge in [-0.3, -0.25) is 0 Å². The number of hydrogen-bond donors (Lipinski definition) is 0. The third-order valence-corrected chi connectivity index (χ3v) is 6.78. The van der Waals surface area contributed by atoms with Crippen LogP contribution in [0.3, 0.4) is 0 Å². The lowest BCUT2D eigenvalue weighted by Crippen LogP contribution is -2.31. The Kier molecular flexibility index (Phi) is 5.99. The lowest BCUT2D eigenvalue weighted by molar-refractivity contribution is -0.660. The molecule has 0 unspecified atom stereocenters. The third-order valence-electron chi connectivity index (χ3n) is 6.78. The molecule has 0 fully saturated rings. The smallest absolute Gasteiger partial charge is 0.229 e. The molecule has 0 radical (unpaired) electrons. The van der Waals surface area contributed by atoms with Crippen LogP contribution < -0.4 is 4.57 Å². The summed E-state index contributed by atoms with van der Waals surface area (Å²) < 4.78 is 4.82. The summed E-state index contributed by atoms with van der Waals surface area (Å²) in [4.78, 5) is 0. The lowest BCUT2D eigenvalue weighted by atomic mass is 9.92. The first-order valence-electron chi connectivity index (χ1n) is 12.0. The number of nitrogens with zero attached hydrogens (tertiary/aromatic N) is 2. The Hall–Kier alpha value is -2.87. The summed E-state index contributed by atoms with van der Waals surface area (Å²) in [5, 5.41) is 1.32. The molecule has 0 spiro atoms. The van der Waals surface area contributed by atoms with E-state index in [1.807, 2.05) is 0 Å². The fraction of sp³-hybridized carbons (Fsp3) is 0.367. The zero-order chi connectivity index (χ0) is 23.2. The Morgan fingerprint density at radius 2 is 1.38 bits per heavy atom. The second kappa shape index (κ2) is 8.58. The minimum Gasteiger partial charge on any atom is -0.303 e. The molecule has 0 saturated heterocycles.